The first-order chi connectivity index (χ1) is 17.5. The minimum atomic E-state index is -4.50. The molecule has 1 aliphatic heterocycles. The zero-order valence-electron chi connectivity index (χ0n) is 19.8. The van der Waals surface area contributed by atoms with Crippen molar-refractivity contribution in [3.05, 3.63) is 71.3 Å². The Morgan fingerprint density at radius 2 is 1.70 bits per heavy atom. The van der Waals surface area contributed by atoms with Gasteiger partial charge >= 0.3 is 12.3 Å². The molecule has 0 radical (unpaired) electrons. The van der Waals surface area contributed by atoms with Crippen LogP contribution < -0.4 is 16.4 Å². The number of nitrogens with two attached hydrogens (primary N) is 1. The van der Waals surface area contributed by atoms with Crippen molar-refractivity contribution in [1.82, 2.24) is 15.5 Å². The van der Waals surface area contributed by atoms with Gasteiger partial charge in [-0.1, -0.05) is 42.5 Å². The Labute approximate surface area is 211 Å². The van der Waals surface area contributed by atoms with E-state index in [4.69, 9.17) is 10.5 Å². The molecule has 4 N–H and O–H groups in total. The van der Waals surface area contributed by atoms with Crippen LogP contribution in [0.15, 0.2) is 54.6 Å². The first kappa shape index (κ1) is 27.5. The molecule has 0 saturated carbocycles. The summed E-state index contributed by atoms with van der Waals surface area (Å²) in [6.45, 7) is -0.0803. The van der Waals surface area contributed by atoms with Crippen molar-refractivity contribution in [2.45, 2.75) is 44.1 Å². The monoisotopic (exact) mass is 520 g/mol. The molecule has 3 rings (SSSR count). The van der Waals surface area contributed by atoms with Crippen LogP contribution in [-0.2, 0) is 38.3 Å². The predicted octanol–water partition coefficient (Wildman–Crippen LogP) is 2.14. The molecule has 1 aliphatic rings. The molecule has 1 saturated heterocycles. The van der Waals surface area contributed by atoms with Crippen LogP contribution in [0.5, 0.6) is 0 Å². The number of hydrogen-bond acceptors (Lipinski definition) is 5. The number of rotatable bonds is 9. The van der Waals surface area contributed by atoms with Crippen LogP contribution in [0.1, 0.15) is 29.5 Å². The highest BCUT2D eigenvalue weighted by Crippen LogP contribution is 2.29. The molecular weight excluding hydrogens is 493 g/mol. The molecule has 0 aliphatic carbocycles. The van der Waals surface area contributed by atoms with Crippen LogP contribution in [0.3, 0.4) is 0 Å². The average molecular weight is 521 g/mol. The summed E-state index contributed by atoms with van der Waals surface area (Å²) in [5, 5.41) is 4.86. The highest BCUT2D eigenvalue weighted by molar-refractivity contribution is 5.93. The molecule has 1 fully saturated rings. The molecule has 198 valence electrons. The Hall–Kier alpha value is -4.09. The minimum absolute atomic E-state index is 0.0308. The fraction of sp³-hybridized carbons (Fsp3) is 0.360. The molecule has 0 bridgehead atoms. The van der Waals surface area contributed by atoms with Crippen molar-refractivity contribution in [3.8, 4) is 0 Å². The Kier molecular flexibility index (Phi) is 9.10. The van der Waals surface area contributed by atoms with Crippen molar-refractivity contribution in [2.24, 2.45) is 5.73 Å². The molecule has 4 amide bonds. The van der Waals surface area contributed by atoms with E-state index in [2.05, 4.69) is 10.6 Å². The summed E-state index contributed by atoms with van der Waals surface area (Å²) in [4.78, 5) is 50.7. The normalized spacial score (nSPS) is 16.1. The number of primary amides is 1. The third kappa shape index (κ3) is 7.95. The Morgan fingerprint density at radius 3 is 2.32 bits per heavy atom. The van der Waals surface area contributed by atoms with Gasteiger partial charge in [-0.05, 0) is 36.1 Å². The number of benzene rings is 2. The number of hydrogen-bond donors (Lipinski definition) is 3. The number of nitrogens with zero attached hydrogens (tertiary/aromatic N) is 1. The number of alkyl carbamates (subject to hydrolysis) is 1. The van der Waals surface area contributed by atoms with Crippen LogP contribution in [0.25, 0.3) is 0 Å². The van der Waals surface area contributed by atoms with Crippen molar-refractivity contribution < 1.29 is 37.1 Å². The lowest BCUT2D eigenvalue weighted by atomic mass is 10.0. The Balaban J connectivity index is 1.52. The van der Waals surface area contributed by atoms with Gasteiger partial charge < -0.3 is 26.0 Å². The second-order valence-corrected chi connectivity index (χ2v) is 8.52. The van der Waals surface area contributed by atoms with Gasteiger partial charge in [0.2, 0.25) is 17.7 Å². The smallest absolute Gasteiger partial charge is 0.416 e. The van der Waals surface area contributed by atoms with Gasteiger partial charge in [0.15, 0.2) is 0 Å². The van der Waals surface area contributed by atoms with E-state index in [-0.39, 0.29) is 26.1 Å². The van der Waals surface area contributed by atoms with Gasteiger partial charge in [-0.2, -0.15) is 13.2 Å². The SMILES string of the molecule is NC(=O)[C@H](Cc1ccc(C(F)(F)F)cc1)NC(=O)[C@@H]1CCCN1C(=O)CNC(=O)OCc1ccccc1. The predicted molar refractivity (Wildman–Crippen MR) is 126 cm³/mol. The van der Waals surface area contributed by atoms with Crippen LogP contribution in [0.4, 0.5) is 18.0 Å². The van der Waals surface area contributed by atoms with Crippen molar-refractivity contribution >= 4 is 23.8 Å². The summed E-state index contributed by atoms with van der Waals surface area (Å²) in [7, 11) is 0. The maximum Gasteiger partial charge on any atom is 0.416 e. The van der Waals surface area contributed by atoms with Gasteiger partial charge in [-0.15, -0.1) is 0 Å². The third-order valence-corrected chi connectivity index (χ3v) is 5.85. The third-order valence-electron chi connectivity index (χ3n) is 5.85. The highest BCUT2D eigenvalue weighted by Gasteiger charge is 2.36. The van der Waals surface area contributed by atoms with Crippen LogP contribution in [0.2, 0.25) is 0 Å². The quantitative estimate of drug-likeness (QED) is 0.466. The van der Waals surface area contributed by atoms with E-state index in [1.54, 1.807) is 24.3 Å². The first-order valence-electron chi connectivity index (χ1n) is 11.5. The summed E-state index contributed by atoms with van der Waals surface area (Å²) in [5.41, 5.74) is 5.71. The van der Waals surface area contributed by atoms with Crippen LogP contribution >= 0.6 is 0 Å². The van der Waals surface area contributed by atoms with Crippen molar-refractivity contribution in [1.29, 1.82) is 0 Å². The van der Waals surface area contributed by atoms with E-state index in [1.165, 1.54) is 17.0 Å². The number of nitrogens with one attached hydrogen (secondary N) is 2. The fourth-order valence-electron chi connectivity index (χ4n) is 3.92. The topological polar surface area (TPSA) is 131 Å². The number of alkyl halides is 3. The van der Waals surface area contributed by atoms with E-state index in [0.717, 1.165) is 17.7 Å². The standard InChI is InChI=1S/C25H27F3N4O5/c26-25(27,28)18-10-8-16(9-11-18)13-19(22(29)34)31-23(35)20-7-4-12-32(20)21(33)14-30-24(36)37-15-17-5-2-1-3-6-17/h1-3,5-6,8-11,19-20H,4,7,12-15H2,(H2,29,34)(H,30,36)(H,31,35)/t19-,20-/m0/s1. The maximum absolute atomic E-state index is 12.9. The van der Waals surface area contributed by atoms with E-state index in [9.17, 15) is 32.3 Å². The van der Waals surface area contributed by atoms with E-state index in [1.807, 2.05) is 6.07 Å². The molecule has 2 atom stereocenters. The number of likely N-dealkylation sites (tertiary alicyclic amines) is 1. The van der Waals surface area contributed by atoms with E-state index < -0.39 is 47.6 Å². The summed E-state index contributed by atoms with van der Waals surface area (Å²) >= 11 is 0. The van der Waals surface area contributed by atoms with E-state index in [0.29, 0.717) is 18.4 Å². The average Bonchev–Trinajstić information content (AvgIpc) is 3.36. The highest BCUT2D eigenvalue weighted by atomic mass is 19.4. The number of carbonyl (C=O) groups excluding carboxylic acids is 4. The van der Waals surface area contributed by atoms with Gasteiger partial charge in [-0.25, -0.2) is 4.79 Å². The van der Waals surface area contributed by atoms with E-state index >= 15 is 0 Å². The minimum Gasteiger partial charge on any atom is -0.445 e. The zero-order valence-corrected chi connectivity index (χ0v) is 19.8. The summed E-state index contributed by atoms with van der Waals surface area (Å²) in [6.07, 6.45) is -4.54. The second-order valence-electron chi connectivity index (χ2n) is 8.52. The molecule has 2 aromatic carbocycles. The summed E-state index contributed by atoms with van der Waals surface area (Å²) < 4.78 is 43.4. The number of carbonyl (C=O) groups is 4. The Morgan fingerprint density at radius 1 is 1.03 bits per heavy atom. The molecule has 37 heavy (non-hydrogen) atoms. The maximum atomic E-state index is 12.9. The van der Waals surface area contributed by atoms with Gasteiger partial charge in [0.1, 0.15) is 25.2 Å². The molecule has 9 nitrogen and oxygen atoms in total. The zero-order chi connectivity index (χ0) is 27.0. The van der Waals surface area contributed by atoms with Gasteiger partial charge in [0.25, 0.3) is 0 Å². The van der Waals surface area contributed by atoms with Crippen molar-refractivity contribution in [3.63, 3.8) is 0 Å². The molecule has 12 heteroatoms. The molecule has 1 heterocycles. The number of halogens is 3. The first-order valence-corrected chi connectivity index (χ1v) is 11.5. The van der Waals surface area contributed by atoms with Gasteiger partial charge in [0, 0.05) is 13.0 Å². The molecule has 0 spiro atoms. The lowest BCUT2D eigenvalue weighted by Crippen LogP contribution is -2.54. The molecule has 2 aromatic rings. The largest absolute Gasteiger partial charge is 0.445 e. The summed E-state index contributed by atoms with van der Waals surface area (Å²) in [5.74, 6) is -1.99. The summed E-state index contributed by atoms with van der Waals surface area (Å²) in [6, 6.07) is 11.1. The number of amides is 4. The van der Waals surface area contributed by atoms with Gasteiger partial charge in [-0.3, -0.25) is 14.4 Å². The molecule has 0 unspecified atom stereocenters. The number of ether oxygens (including phenoxy) is 1. The fourth-order valence-corrected chi connectivity index (χ4v) is 3.92. The second kappa shape index (κ2) is 12.2. The van der Waals surface area contributed by atoms with Crippen LogP contribution in [-0.4, -0.2) is 53.9 Å². The Bertz CT molecular complexity index is 1110. The van der Waals surface area contributed by atoms with Gasteiger partial charge in [0.05, 0.1) is 5.56 Å². The van der Waals surface area contributed by atoms with Crippen molar-refractivity contribution in [2.75, 3.05) is 13.1 Å². The lowest BCUT2D eigenvalue weighted by molar-refractivity contribution is -0.138. The molecular formula is C25H27F3N4O5. The lowest BCUT2D eigenvalue weighted by Gasteiger charge is -2.26. The van der Waals surface area contributed by atoms with Crippen LogP contribution in [0, 0.1) is 0 Å². The molecule has 0 aromatic heterocycles.